The first kappa shape index (κ1) is 22.8. The van der Waals surface area contributed by atoms with Crippen molar-refractivity contribution in [2.45, 2.75) is 51.4 Å². The van der Waals surface area contributed by atoms with Crippen molar-refractivity contribution in [2.75, 3.05) is 33.4 Å². The number of nitrogens with zero attached hydrogens (tertiary/aromatic N) is 4. The molecule has 2 fully saturated rings. The second kappa shape index (κ2) is 8.86. The Labute approximate surface area is 185 Å². The van der Waals surface area contributed by atoms with Crippen molar-refractivity contribution in [2.24, 2.45) is 0 Å². The summed E-state index contributed by atoms with van der Waals surface area (Å²) < 4.78 is 46.3. The summed E-state index contributed by atoms with van der Waals surface area (Å²) >= 11 is 0. The number of carbonyl (C=O) groups excluding carboxylic acids is 1. The summed E-state index contributed by atoms with van der Waals surface area (Å²) in [6.45, 7) is 6.31. The topological polar surface area (TPSA) is 50.6 Å². The molecule has 0 N–H and O–H groups in total. The number of aryl methyl sites for hydroxylation is 1. The maximum atomic E-state index is 13.4. The number of hydrogen-bond acceptors (Lipinski definition) is 4. The van der Waals surface area contributed by atoms with Gasteiger partial charge in [0.25, 0.3) is 5.91 Å². The Morgan fingerprint density at radius 3 is 2.56 bits per heavy atom. The molecule has 3 heterocycles. The van der Waals surface area contributed by atoms with Gasteiger partial charge >= 0.3 is 6.18 Å². The van der Waals surface area contributed by atoms with Gasteiger partial charge in [0.15, 0.2) is 0 Å². The third-order valence-electron chi connectivity index (χ3n) is 6.72. The van der Waals surface area contributed by atoms with Gasteiger partial charge in [-0.25, -0.2) is 4.68 Å². The van der Waals surface area contributed by atoms with E-state index in [-0.39, 0.29) is 11.6 Å². The third kappa shape index (κ3) is 4.41. The van der Waals surface area contributed by atoms with Gasteiger partial charge in [-0.2, -0.15) is 18.3 Å². The number of likely N-dealkylation sites (N-methyl/N-ethyl adjacent to an activating group) is 1. The van der Waals surface area contributed by atoms with Crippen molar-refractivity contribution in [3.8, 4) is 5.69 Å². The van der Waals surface area contributed by atoms with Crippen LogP contribution in [0.5, 0.6) is 0 Å². The molecule has 32 heavy (non-hydrogen) atoms. The predicted octanol–water partition coefficient (Wildman–Crippen LogP) is 3.83. The fourth-order valence-electron chi connectivity index (χ4n) is 4.82. The Bertz CT molecular complexity index is 982. The highest BCUT2D eigenvalue weighted by Gasteiger charge is 2.35. The van der Waals surface area contributed by atoms with Crippen molar-refractivity contribution in [1.82, 2.24) is 19.6 Å². The Morgan fingerprint density at radius 1 is 1.16 bits per heavy atom. The van der Waals surface area contributed by atoms with E-state index in [2.05, 4.69) is 17.0 Å². The first-order valence-corrected chi connectivity index (χ1v) is 11.0. The lowest BCUT2D eigenvalue weighted by atomic mass is 10.1. The summed E-state index contributed by atoms with van der Waals surface area (Å²) in [4.78, 5) is 17.6. The van der Waals surface area contributed by atoms with E-state index in [0.717, 1.165) is 44.6 Å². The number of halogens is 3. The molecule has 2 aliphatic rings. The van der Waals surface area contributed by atoms with Crippen molar-refractivity contribution in [1.29, 1.82) is 0 Å². The van der Waals surface area contributed by atoms with Crippen LogP contribution in [0.1, 0.15) is 46.6 Å². The number of rotatable bonds is 4. The van der Waals surface area contributed by atoms with Gasteiger partial charge < -0.3 is 9.64 Å². The smallest absolute Gasteiger partial charge is 0.381 e. The molecule has 0 spiro atoms. The highest BCUT2D eigenvalue weighted by Crippen LogP contribution is 2.31. The molecular weight excluding hydrogens is 421 g/mol. The lowest BCUT2D eigenvalue weighted by molar-refractivity contribution is -0.137. The average Bonchev–Trinajstić information content (AvgIpc) is 3.38. The van der Waals surface area contributed by atoms with Crippen molar-refractivity contribution >= 4 is 5.91 Å². The standard InChI is InChI=1S/C23H29F3N4O2/c1-15-21(16(2)30(27-15)19-6-4-5-17(13-19)23(24,25)26)22(31)29-10-7-20(14-29)28(3)18-8-11-32-12-9-18/h4-6,13,18,20H,7-12,14H2,1-3H3. The lowest BCUT2D eigenvalue weighted by Crippen LogP contribution is -2.44. The molecule has 0 aliphatic carbocycles. The second-order valence-corrected chi connectivity index (χ2v) is 8.71. The molecular formula is C23H29F3N4O2. The lowest BCUT2D eigenvalue weighted by Gasteiger charge is -2.35. The molecule has 1 unspecified atom stereocenters. The maximum absolute atomic E-state index is 13.4. The van der Waals surface area contributed by atoms with Crippen LogP contribution in [0.2, 0.25) is 0 Å². The fourth-order valence-corrected chi connectivity index (χ4v) is 4.82. The molecule has 0 saturated carbocycles. The van der Waals surface area contributed by atoms with E-state index >= 15 is 0 Å². The number of alkyl halides is 3. The molecule has 0 bridgehead atoms. The van der Waals surface area contributed by atoms with Crippen LogP contribution in [0.25, 0.3) is 5.69 Å². The predicted molar refractivity (Wildman–Crippen MR) is 114 cm³/mol. The van der Waals surface area contributed by atoms with Crippen LogP contribution >= 0.6 is 0 Å². The van der Waals surface area contributed by atoms with Gasteiger partial charge in [0.2, 0.25) is 0 Å². The SMILES string of the molecule is Cc1nn(-c2cccc(C(F)(F)F)c2)c(C)c1C(=O)N1CCC(N(C)C2CCOCC2)C1. The van der Waals surface area contributed by atoms with E-state index < -0.39 is 11.7 Å². The fraction of sp³-hybridized carbons (Fsp3) is 0.565. The van der Waals surface area contributed by atoms with Gasteiger partial charge in [-0.05, 0) is 58.4 Å². The summed E-state index contributed by atoms with van der Waals surface area (Å²) in [6, 6.07) is 5.77. The molecule has 1 amide bonds. The minimum Gasteiger partial charge on any atom is -0.381 e. The quantitative estimate of drug-likeness (QED) is 0.711. The summed E-state index contributed by atoms with van der Waals surface area (Å²) in [6.07, 6.45) is -1.53. The number of benzene rings is 1. The monoisotopic (exact) mass is 450 g/mol. The summed E-state index contributed by atoms with van der Waals surface area (Å²) in [5.74, 6) is -0.110. The minimum absolute atomic E-state index is 0.110. The van der Waals surface area contributed by atoms with Gasteiger partial charge in [-0.15, -0.1) is 0 Å². The van der Waals surface area contributed by atoms with E-state index in [9.17, 15) is 18.0 Å². The van der Waals surface area contributed by atoms with Gasteiger partial charge in [-0.3, -0.25) is 9.69 Å². The van der Waals surface area contributed by atoms with Crippen molar-refractivity contribution < 1.29 is 22.7 Å². The van der Waals surface area contributed by atoms with Crippen LogP contribution in [0.15, 0.2) is 24.3 Å². The van der Waals surface area contributed by atoms with E-state index in [0.29, 0.717) is 42.1 Å². The van der Waals surface area contributed by atoms with E-state index in [1.54, 1.807) is 19.9 Å². The van der Waals surface area contributed by atoms with Crippen LogP contribution in [0.3, 0.4) is 0 Å². The molecule has 9 heteroatoms. The van der Waals surface area contributed by atoms with E-state index in [1.165, 1.54) is 10.7 Å². The Balaban J connectivity index is 1.52. The molecule has 2 saturated heterocycles. The zero-order chi connectivity index (χ0) is 23.0. The van der Waals surface area contributed by atoms with E-state index in [1.807, 2.05) is 4.90 Å². The van der Waals surface area contributed by atoms with Gasteiger partial charge in [0, 0.05) is 38.4 Å². The van der Waals surface area contributed by atoms with Gasteiger partial charge in [0.1, 0.15) is 0 Å². The Morgan fingerprint density at radius 2 is 1.88 bits per heavy atom. The summed E-state index contributed by atoms with van der Waals surface area (Å²) in [5.41, 5.74) is 1.09. The van der Waals surface area contributed by atoms with Gasteiger partial charge in [0.05, 0.1) is 28.2 Å². The third-order valence-corrected chi connectivity index (χ3v) is 6.72. The van der Waals surface area contributed by atoms with Crippen molar-refractivity contribution in [3.05, 3.63) is 46.8 Å². The Hall–Kier alpha value is -2.39. The molecule has 0 radical (unpaired) electrons. The maximum Gasteiger partial charge on any atom is 0.416 e. The number of hydrogen-bond donors (Lipinski definition) is 0. The highest BCUT2D eigenvalue weighted by atomic mass is 19.4. The van der Waals surface area contributed by atoms with E-state index in [4.69, 9.17) is 4.74 Å². The number of likely N-dealkylation sites (tertiary alicyclic amines) is 1. The second-order valence-electron chi connectivity index (χ2n) is 8.71. The molecule has 1 atom stereocenters. The van der Waals surface area contributed by atoms with Crippen LogP contribution in [-0.2, 0) is 10.9 Å². The summed E-state index contributed by atoms with van der Waals surface area (Å²) in [7, 11) is 2.12. The zero-order valence-corrected chi connectivity index (χ0v) is 18.7. The Kier molecular flexibility index (Phi) is 6.31. The summed E-state index contributed by atoms with van der Waals surface area (Å²) in [5, 5.41) is 4.40. The first-order valence-electron chi connectivity index (χ1n) is 11.0. The highest BCUT2D eigenvalue weighted by molar-refractivity contribution is 5.96. The normalized spacial score (nSPS) is 20.3. The largest absolute Gasteiger partial charge is 0.416 e. The zero-order valence-electron chi connectivity index (χ0n) is 18.7. The molecule has 1 aromatic heterocycles. The first-order chi connectivity index (χ1) is 15.2. The molecule has 2 aliphatic heterocycles. The van der Waals surface area contributed by atoms with Crippen LogP contribution < -0.4 is 0 Å². The van der Waals surface area contributed by atoms with Crippen LogP contribution in [-0.4, -0.2) is 70.9 Å². The van der Waals surface area contributed by atoms with Crippen molar-refractivity contribution in [3.63, 3.8) is 0 Å². The molecule has 174 valence electrons. The van der Waals surface area contributed by atoms with Gasteiger partial charge in [-0.1, -0.05) is 6.07 Å². The number of ether oxygens (including phenoxy) is 1. The number of carbonyl (C=O) groups is 1. The molecule has 1 aromatic carbocycles. The molecule has 4 rings (SSSR count). The minimum atomic E-state index is -4.44. The molecule has 6 nitrogen and oxygen atoms in total. The average molecular weight is 451 g/mol. The van der Waals surface area contributed by atoms with Crippen LogP contribution in [0.4, 0.5) is 13.2 Å². The van der Waals surface area contributed by atoms with Crippen LogP contribution in [0, 0.1) is 13.8 Å². The number of amides is 1. The number of aromatic nitrogens is 2. The molecule has 2 aromatic rings.